The van der Waals surface area contributed by atoms with Crippen molar-refractivity contribution in [2.24, 2.45) is 0 Å². The molecule has 1 fully saturated rings. The lowest BCUT2D eigenvalue weighted by molar-refractivity contribution is 0.459. The normalized spacial score (nSPS) is 23.7. The van der Waals surface area contributed by atoms with Gasteiger partial charge >= 0.3 is 0 Å². The number of aromatic hydroxyl groups is 1. The van der Waals surface area contributed by atoms with Crippen molar-refractivity contribution in [3.8, 4) is 5.75 Å². The molecule has 17 heavy (non-hydrogen) atoms. The highest BCUT2D eigenvalue weighted by Gasteiger charge is 2.25. The zero-order valence-corrected chi connectivity index (χ0v) is 10.6. The highest BCUT2D eigenvalue weighted by Crippen LogP contribution is 2.38. The van der Waals surface area contributed by atoms with Gasteiger partial charge in [-0.2, -0.15) is 0 Å². The fraction of sp³-hybridized carbons (Fsp3) is 0.600. The van der Waals surface area contributed by atoms with Crippen LogP contribution in [0.3, 0.4) is 0 Å². The molecule has 0 spiro atoms. The van der Waals surface area contributed by atoms with Crippen LogP contribution in [0.4, 0.5) is 0 Å². The number of phenols is 1. The lowest BCUT2D eigenvalue weighted by Gasteiger charge is -2.24. The first-order chi connectivity index (χ1) is 8.27. The van der Waals surface area contributed by atoms with E-state index >= 15 is 0 Å². The number of benzene rings is 1. The summed E-state index contributed by atoms with van der Waals surface area (Å²) in [5.41, 5.74) is 5.50. The maximum atomic E-state index is 10.3. The summed E-state index contributed by atoms with van der Waals surface area (Å²) < 4.78 is 0. The molecular weight excluding hydrogens is 210 g/mol. The fourth-order valence-corrected chi connectivity index (χ4v) is 3.53. The van der Waals surface area contributed by atoms with E-state index in [1.807, 2.05) is 6.07 Å². The molecule has 1 aromatic rings. The summed E-state index contributed by atoms with van der Waals surface area (Å²) in [5, 5.41) is 13.7. The van der Waals surface area contributed by atoms with Gasteiger partial charge in [0.05, 0.1) is 0 Å². The zero-order chi connectivity index (χ0) is 11.8. The number of phenolic OH excluding ortho intramolecular Hbond substituents is 1. The molecule has 0 radical (unpaired) electrons. The number of aryl methyl sites for hydroxylation is 1. The minimum atomic E-state index is 0.516. The van der Waals surface area contributed by atoms with E-state index in [-0.39, 0.29) is 0 Å². The van der Waals surface area contributed by atoms with E-state index in [2.05, 4.69) is 12.2 Å². The Kier molecular flexibility index (Phi) is 2.83. The zero-order valence-electron chi connectivity index (χ0n) is 10.6. The van der Waals surface area contributed by atoms with Gasteiger partial charge in [0.1, 0.15) is 5.75 Å². The number of fused-ring (bicyclic) bond motifs is 1. The molecule has 0 bridgehead atoms. The minimum absolute atomic E-state index is 0.516. The van der Waals surface area contributed by atoms with Crippen LogP contribution in [0, 0.1) is 6.92 Å². The Bertz CT molecular complexity index is 433. The molecular formula is C15H21NO. The van der Waals surface area contributed by atoms with Crippen molar-refractivity contribution in [2.75, 3.05) is 13.1 Å². The van der Waals surface area contributed by atoms with Gasteiger partial charge in [0, 0.05) is 18.0 Å². The summed E-state index contributed by atoms with van der Waals surface area (Å²) in [5.74, 6) is 1.05. The fourth-order valence-electron chi connectivity index (χ4n) is 3.53. The first kappa shape index (κ1) is 11.1. The van der Waals surface area contributed by atoms with Crippen molar-refractivity contribution in [1.82, 2.24) is 5.32 Å². The van der Waals surface area contributed by atoms with Crippen molar-refractivity contribution in [3.05, 3.63) is 28.3 Å². The summed E-state index contributed by atoms with van der Waals surface area (Å²) in [6, 6.07) is 2.04. The van der Waals surface area contributed by atoms with Gasteiger partial charge < -0.3 is 10.4 Å². The lowest BCUT2D eigenvalue weighted by Crippen LogP contribution is -2.12. The van der Waals surface area contributed by atoms with Gasteiger partial charge in [0.25, 0.3) is 0 Å². The molecule has 1 aliphatic carbocycles. The third-order valence-electron chi connectivity index (χ3n) is 4.42. The minimum Gasteiger partial charge on any atom is -0.508 e. The van der Waals surface area contributed by atoms with Crippen LogP contribution in [0.15, 0.2) is 6.07 Å². The van der Waals surface area contributed by atoms with Crippen molar-refractivity contribution in [2.45, 2.75) is 44.9 Å². The highest BCUT2D eigenvalue weighted by atomic mass is 16.3. The van der Waals surface area contributed by atoms with Crippen LogP contribution < -0.4 is 5.32 Å². The predicted octanol–water partition coefficient (Wildman–Crippen LogP) is 2.66. The van der Waals surface area contributed by atoms with Crippen LogP contribution in [0.2, 0.25) is 0 Å². The van der Waals surface area contributed by atoms with Gasteiger partial charge in [-0.1, -0.05) is 0 Å². The lowest BCUT2D eigenvalue weighted by atomic mass is 9.82. The largest absolute Gasteiger partial charge is 0.508 e. The molecule has 0 amide bonds. The Hall–Kier alpha value is -1.02. The molecule has 1 saturated heterocycles. The molecule has 1 unspecified atom stereocenters. The molecule has 2 aliphatic rings. The van der Waals surface area contributed by atoms with Crippen molar-refractivity contribution in [1.29, 1.82) is 0 Å². The van der Waals surface area contributed by atoms with Crippen molar-refractivity contribution < 1.29 is 5.11 Å². The van der Waals surface area contributed by atoms with E-state index in [1.165, 1.54) is 41.5 Å². The van der Waals surface area contributed by atoms with Crippen LogP contribution in [0.5, 0.6) is 5.75 Å². The topological polar surface area (TPSA) is 32.3 Å². The quantitative estimate of drug-likeness (QED) is 0.779. The second-order valence-corrected chi connectivity index (χ2v) is 5.47. The van der Waals surface area contributed by atoms with Crippen molar-refractivity contribution in [3.63, 3.8) is 0 Å². The van der Waals surface area contributed by atoms with E-state index in [0.717, 1.165) is 25.9 Å². The number of rotatable bonds is 1. The standard InChI is InChI=1S/C15H21NO/c1-10-13-5-3-2-4-11(13)8-14(17)15(10)12-6-7-16-9-12/h8,12,16-17H,2-7,9H2,1H3. The number of hydrogen-bond acceptors (Lipinski definition) is 2. The predicted molar refractivity (Wildman–Crippen MR) is 69.7 cm³/mol. The Morgan fingerprint density at radius 2 is 2.12 bits per heavy atom. The highest BCUT2D eigenvalue weighted by molar-refractivity contribution is 5.51. The summed E-state index contributed by atoms with van der Waals surface area (Å²) in [7, 11) is 0. The third-order valence-corrected chi connectivity index (χ3v) is 4.42. The summed E-state index contributed by atoms with van der Waals surface area (Å²) in [4.78, 5) is 0. The summed E-state index contributed by atoms with van der Waals surface area (Å²) in [6.45, 7) is 4.31. The molecule has 0 saturated carbocycles. The molecule has 1 aliphatic heterocycles. The molecule has 1 heterocycles. The van der Waals surface area contributed by atoms with Crippen LogP contribution in [-0.4, -0.2) is 18.2 Å². The Morgan fingerprint density at radius 1 is 1.29 bits per heavy atom. The van der Waals surface area contributed by atoms with Crippen LogP contribution in [0.25, 0.3) is 0 Å². The number of nitrogens with one attached hydrogen (secondary N) is 1. The van der Waals surface area contributed by atoms with Gasteiger partial charge in [-0.05, 0) is 68.3 Å². The van der Waals surface area contributed by atoms with Gasteiger partial charge in [-0.25, -0.2) is 0 Å². The first-order valence-electron chi connectivity index (χ1n) is 6.82. The van der Waals surface area contributed by atoms with E-state index in [1.54, 1.807) is 0 Å². The van der Waals surface area contributed by atoms with E-state index in [0.29, 0.717) is 11.7 Å². The van der Waals surface area contributed by atoms with E-state index in [9.17, 15) is 5.11 Å². The van der Waals surface area contributed by atoms with Crippen LogP contribution in [0.1, 0.15) is 47.4 Å². The maximum Gasteiger partial charge on any atom is 0.119 e. The molecule has 0 aromatic heterocycles. The summed E-state index contributed by atoms with van der Waals surface area (Å²) in [6.07, 6.45) is 6.09. The van der Waals surface area contributed by atoms with Gasteiger partial charge in [-0.15, -0.1) is 0 Å². The molecule has 2 heteroatoms. The Morgan fingerprint density at radius 3 is 2.88 bits per heavy atom. The first-order valence-corrected chi connectivity index (χ1v) is 6.82. The molecule has 1 atom stereocenters. The molecule has 92 valence electrons. The van der Waals surface area contributed by atoms with E-state index < -0.39 is 0 Å². The second-order valence-electron chi connectivity index (χ2n) is 5.47. The Balaban J connectivity index is 2.08. The molecule has 2 nitrogen and oxygen atoms in total. The maximum absolute atomic E-state index is 10.3. The van der Waals surface area contributed by atoms with Crippen LogP contribution >= 0.6 is 0 Å². The third kappa shape index (κ3) is 1.85. The van der Waals surface area contributed by atoms with E-state index in [4.69, 9.17) is 0 Å². The van der Waals surface area contributed by atoms with Gasteiger partial charge in [0.2, 0.25) is 0 Å². The molecule has 2 N–H and O–H groups in total. The number of hydrogen-bond donors (Lipinski definition) is 2. The monoisotopic (exact) mass is 231 g/mol. The smallest absolute Gasteiger partial charge is 0.119 e. The van der Waals surface area contributed by atoms with Crippen molar-refractivity contribution >= 4 is 0 Å². The Labute approximate surface area is 103 Å². The SMILES string of the molecule is Cc1c2c(cc(O)c1C1CCNC1)CCCC2. The van der Waals surface area contributed by atoms with Crippen LogP contribution in [-0.2, 0) is 12.8 Å². The summed E-state index contributed by atoms with van der Waals surface area (Å²) >= 11 is 0. The average Bonchev–Trinajstić information content (AvgIpc) is 2.83. The molecule has 1 aromatic carbocycles. The second kappa shape index (κ2) is 4.34. The molecule has 3 rings (SSSR count). The average molecular weight is 231 g/mol. The van der Waals surface area contributed by atoms with Gasteiger partial charge in [-0.3, -0.25) is 0 Å². The van der Waals surface area contributed by atoms with Gasteiger partial charge in [0.15, 0.2) is 0 Å².